The second kappa shape index (κ2) is 8.79. The van der Waals surface area contributed by atoms with Crippen LogP contribution in [0.25, 0.3) is 0 Å². The number of ether oxygens (including phenoxy) is 1. The van der Waals surface area contributed by atoms with Crippen LogP contribution >= 0.6 is 0 Å². The standard InChI is InChI=1S/C14H28N2O4/c1-6-7-11(10-20-5)15-13(19)16(14(2,3)4)9-8-12(17)18/h11H,6-10H2,1-5H3,(H,15,19)(H,17,18). The van der Waals surface area contributed by atoms with Gasteiger partial charge in [0.1, 0.15) is 0 Å². The third-order valence-electron chi connectivity index (χ3n) is 2.94. The lowest BCUT2D eigenvalue weighted by Crippen LogP contribution is -2.54. The molecular weight excluding hydrogens is 260 g/mol. The van der Waals surface area contributed by atoms with Crippen molar-refractivity contribution in [3.63, 3.8) is 0 Å². The lowest BCUT2D eigenvalue weighted by Gasteiger charge is -2.36. The van der Waals surface area contributed by atoms with Gasteiger partial charge in [-0.25, -0.2) is 4.79 Å². The third-order valence-corrected chi connectivity index (χ3v) is 2.94. The number of carboxylic acid groups (broad SMARTS) is 1. The van der Waals surface area contributed by atoms with Crippen molar-refractivity contribution in [3.8, 4) is 0 Å². The Kier molecular flexibility index (Phi) is 8.22. The molecule has 6 nitrogen and oxygen atoms in total. The Hall–Kier alpha value is -1.30. The van der Waals surface area contributed by atoms with Gasteiger partial charge in [-0.15, -0.1) is 0 Å². The quantitative estimate of drug-likeness (QED) is 0.717. The van der Waals surface area contributed by atoms with E-state index in [4.69, 9.17) is 9.84 Å². The number of carboxylic acids is 1. The summed E-state index contributed by atoms with van der Waals surface area (Å²) in [6.07, 6.45) is 1.71. The summed E-state index contributed by atoms with van der Waals surface area (Å²) in [6, 6.07) is -0.290. The molecule has 1 atom stereocenters. The minimum atomic E-state index is -0.908. The van der Waals surface area contributed by atoms with Crippen molar-refractivity contribution in [2.24, 2.45) is 0 Å². The molecule has 0 heterocycles. The van der Waals surface area contributed by atoms with Gasteiger partial charge >= 0.3 is 12.0 Å². The van der Waals surface area contributed by atoms with Gasteiger partial charge in [0, 0.05) is 19.2 Å². The summed E-state index contributed by atoms with van der Waals surface area (Å²) >= 11 is 0. The lowest BCUT2D eigenvalue weighted by molar-refractivity contribution is -0.137. The molecular formula is C14H28N2O4. The van der Waals surface area contributed by atoms with Crippen LogP contribution in [0.1, 0.15) is 47.0 Å². The van der Waals surface area contributed by atoms with Gasteiger partial charge < -0.3 is 20.1 Å². The van der Waals surface area contributed by atoms with Gasteiger partial charge in [0.25, 0.3) is 0 Å². The SMILES string of the molecule is CCCC(COC)NC(=O)N(CCC(=O)O)C(C)(C)C. The van der Waals surface area contributed by atoms with Gasteiger partial charge in [-0.05, 0) is 27.2 Å². The number of rotatable bonds is 8. The first-order valence-electron chi connectivity index (χ1n) is 7.01. The highest BCUT2D eigenvalue weighted by molar-refractivity contribution is 5.76. The van der Waals surface area contributed by atoms with Crippen LogP contribution in [-0.2, 0) is 9.53 Å². The van der Waals surface area contributed by atoms with E-state index in [9.17, 15) is 9.59 Å². The van der Waals surface area contributed by atoms with Crippen LogP contribution < -0.4 is 5.32 Å². The number of urea groups is 1. The molecule has 0 rings (SSSR count). The van der Waals surface area contributed by atoms with Crippen LogP contribution in [0.4, 0.5) is 4.79 Å². The fourth-order valence-electron chi connectivity index (χ4n) is 1.95. The van der Waals surface area contributed by atoms with Gasteiger partial charge in [0.2, 0.25) is 0 Å². The number of nitrogens with zero attached hydrogens (tertiary/aromatic N) is 1. The molecule has 6 heteroatoms. The average molecular weight is 288 g/mol. The second-order valence-electron chi connectivity index (χ2n) is 5.86. The monoisotopic (exact) mass is 288 g/mol. The average Bonchev–Trinajstić information content (AvgIpc) is 2.27. The molecule has 118 valence electrons. The summed E-state index contributed by atoms with van der Waals surface area (Å²) in [5.41, 5.74) is -0.427. The predicted molar refractivity (Wildman–Crippen MR) is 77.8 cm³/mol. The first kappa shape index (κ1) is 18.7. The molecule has 0 aliphatic carbocycles. The van der Waals surface area contributed by atoms with E-state index >= 15 is 0 Å². The van der Waals surface area contributed by atoms with E-state index in [2.05, 4.69) is 5.32 Å². The molecule has 0 aromatic heterocycles. The molecule has 0 spiro atoms. The Morgan fingerprint density at radius 3 is 2.35 bits per heavy atom. The van der Waals surface area contributed by atoms with Gasteiger partial charge in [0.05, 0.1) is 19.1 Å². The van der Waals surface area contributed by atoms with Crippen molar-refractivity contribution in [2.75, 3.05) is 20.3 Å². The molecule has 0 bridgehead atoms. The Morgan fingerprint density at radius 1 is 1.35 bits per heavy atom. The molecule has 2 amide bonds. The Morgan fingerprint density at radius 2 is 1.95 bits per heavy atom. The van der Waals surface area contributed by atoms with Crippen LogP contribution in [0.5, 0.6) is 0 Å². The first-order chi connectivity index (χ1) is 9.22. The van der Waals surface area contributed by atoms with Gasteiger partial charge in [-0.2, -0.15) is 0 Å². The summed E-state index contributed by atoms with van der Waals surface area (Å²) < 4.78 is 5.09. The van der Waals surface area contributed by atoms with E-state index < -0.39 is 11.5 Å². The van der Waals surface area contributed by atoms with E-state index in [1.54, 1.807) is 12.0 Å². The highest BCUT2D eigenvalue weighted by Crippen LogP contribution is 2.14. The molecule has 0 aliphatic rings. The maximum atomic E-state index is 12.3. The van der Waals surface area contributed by atoms with Crippen LogP contribution in [0.2, 0.25) is 0 Å². The minimum Gasteiger partial charge on any atom is -0.481 e. The molecule has 0 saturated heterocycles. The summed E-state index contributed by atoms with van der Waals surface area (Å²) in [5.74, 6) is -0.908. The van der Waals surface area contributed by atoms with E-state index in [-0.39, 0.29) is 25.0 Å². The summed E-state index contributed by atoms with van der Waals surface area (Å²) in [5, 5.41) is 11.7. The fraction of sp³-hybridized carbons (Fsp3) is 0.857. The zero-order valence-corrected chi connectivity index (χ0v) is 13.2. The van der Waals surface area contributed by atoms with Crippen molar-refractivity contribution in [1.82, 2.24) is 10.2 Å². The zero-order valence-electron chi connectivity index (χ0n) is 13.2. The van der Waals surface area contributed by atoms with Gasteiger partial charge in [-0.3, -0.25) is 4.79 Å². The van der Waals surface area contributed by atoms with Crippen LogP contribution in [0, 0.1) is 0 Å². The van der Waals surface area contributed by atoms with Crippen LogP contribution in [0.3, 0.4) is 0 Å². The van der Waals surface area contributed by atoms with Crippen LogP contribution in [0.15, 0.2) is 0 Å². The molecule has 0 aromatic rings. The topological polar surface area (TPSA) is 78.9 Å². The number of aliphatic carboxylic acids is 1. The first-order valence-corrected chi connectivity index (χ1v) is 7.01. The molecule has 20 heavy (non-hydrogen) atoms. The highest BCUT2D eigenvalue weighted by Gasteiger charge is 2.28. The largest absolute Gasteiger partial charge is 0.481 e. The fourth-order valence-corrected chi connectivity index (χ4v) is 1.95. The number of carbonyl (C=O) groups is 2. The molecule has 0 aliphatic heterocycles. The second-order valence-corrected chi connectivity index (χ2v) is 5.86. The summed E-state index contributed by atoms with van der Waals surface area (Å²) in [4.78, 5) is 24.6. The molecule has 0 saturated carbocycles. The van der Waals surface area contributed by atoms with E-state index in [0.717, 1.165) is 12.8 Å². The van der Waals surface area contributed by atoms with Crippen LogP contribution in [-0.4, -0.2) is 53.8 Å². The Bertz CT molecular complexity index is 307. The number of methoxy groups -OCH3 is 1. The maximum absolute atomic E-state index is 12.3. The van der Waals surface area contributed by atoms with E-state index in [1.165, 1.54) is 0 Å². The van der Waals surface area contributed by atoms with E-state index in [1.807, 2.05) is 27.7 Å². The molecule has 0 fully saturated rings. The van der Waals surface area contributed by atoms with Crippen molar-refractivity contribution in [2.45, 2.75) is 58.5 Å². The maximum Gasteiger partial charge on any atom is 0.318 e. The smallest absolute Gasteiger partial charge is 0.318 e. The third kappa shape index (κ3) is 7.33. The Balaban J connectivity index is 4.71. The van der Waals surface area contributed by atoms with Crippen molar-refractivity contribution in [3.05, 3.63) is 0 Å². The van der Waals surface area contributed by atoms with E-state index in [0.29, 0.717) is 6.61 Å². The van der Waals surface area contributed by atoms with Crippen molar-refractivity contribution < 1.29 is 19.4 Å². The zero-order chi connectivity index (χ0) is 15.8. The molecule has 2 N–H and O–H groups in total. The number of carbonyl (C=O) groups excluding carboxylic acids is 1. The minimum absolute atomic E-state index is 0.0489. The molecule has 0 aromatic carbocycles. The van der Waals surface area contributed by atoms with Gasteiger partial charge in [-0.1, -0.05) is 13.3 Å². The Labute approximate surface area is 121 Å². The normalized spacial score (nSPS) is 12.8. The van der Waals surface area contributed by atoms with Crippen molar-refractivity contribution >= 4 is 12.0 Å². The summed E-state index contributed by atoms with van der Waals surface area (Å²) in [7, 11) is 1.60. The van der Waals surface area contributed by atoms with Crippen molar-refractivity contribution in [1.29, 1.82) is 0 Å². The molecule has 1 unspecified atom stereocenters. The number of amides is 2. The highest BCUT2D eigenvalue weighted by atomic mass is 16.5. The number of hydrogen-bond acceptors (Lipinski definition) is 3. The van der Waals surface area contributed by atoms with Gasteiger partial charge in [0.15, 0.2) is 0 Å². The molecule has 0 radical (unpaired) electrons. The lowest BCUT2D eigenvalue weighted by atomic mass is 10.1. The summed E-state index contributed by atoms with van der Waals surface area (Å²) in [6.45, 7) is 8.35. The predicted octanol–water partition coefficient (Wildman–Crippen LogP) is 2.09. The number of hydrogen-bond donors (Lipinski definition) is 2. The number of nitrogens with one attached hydrogen (secondary N) is 1.